The molecule has 0 radical (unpaired) electrons. The molecule has 19 heavy (non-hydrogen) atoms. The van der Waals surface area contributed by atoms with E-state index in [0.29, 0.717) is 11.6 Å². The van der Waals surface area contributed by atoms with Gasteiger partial charge >= 0.3 is 5.97 Å². The van der Waals surface area contributed by atoms with Crippen LogP contribution in [0.3, 0.4) is 0 Å². The molecule has 0 saturated carbocycles. The SMILES string of the molecule is COC(=O)C(NCC1CCCNC1)c1ccn(C)n1. The number of ether oxygens (including phenoxy) is 1. The minimum absolute atomic E-state index is 0.289. The zero-order chi connectivity index (χ0) is 13.7. The maximum absolute atomic E-state index is 11.8. The van der Waals surface area contributed by atoms with Crippen molar-refractivity contribution in [3.05, 3.63) is 18.0 Å². The van der Waals surface area contributed by atoms with Gasteiger partial charge in [-0.1, -0.05) is 0 Å². The Morgan fingerprint density at radius 2 is 2.58 bits per heavy atom. The molecule has 0 aliphatic carbocycles. The molecule has 106 valence electrons. The van der Waals surface area contributed by atoms with Gasteiger partial charge in [0.15, 0.2) is 6.04 Å². The van der Waals surface area contributed by atoms with Crippen molar-refractivity contribution in [2.24, 2.45) is 13.0 Å². The Balaban J connectivity index is 1.96. The summed E-state index contributed by atoms with van der Waals surface area (Å²) in [6, 6.07) is 1.36. The lowest BCUT2D eigenvalue weighted by atomic mass is 9.99. The molecule has 0 aromatic carbocycles. The van der Waals surface area contributed by atoms with Gasteiger partial charge in [0, 0.05) is 19.8 Å². The maximum Gasteiger partial charge on any atom is 0.329 e. The predicted octanol–water partition coefficient (Wildman–Crippen LogP) is 0.223. The van der Waals surface area contributed by atoms with Crippen molar-refractivity contribution in [1.29, 1.82) is 0 Å². The van der Waals surface area contributed by atoms with Gasteiger partial charge in [0.05, 0.1) is 12.8 Å². The van der Waals surface area contributed by atoms with Crippen molar-refractivity contribution in [1.82, 2.24) is 20.4 Å². The number of carbonyl (C=O) groups is 1. The first-order valence-electron chi connectivity index (χ1n) is 6.72. The summed E-state index contributed by atoms with van der Waals surface area (Å²) in [6.45, 7) is 2.89. The van der Waals surface area contributed by atoms with Gasteiger partial charge in [-0.2, -0.15) is 5.10 Å². The van der Waals surface area contributed by atoms with Crippen LogP contribution in [-0.4, -0.2) is 42.5 Å². The fourth-order valence-electron chi connectivity index (χ4n) is 2.40. The van der Waals surface area contributed by atoms with Crippen molar-refractivity contribution in [3.8, 4) is 0 Å². The van der Waals surface area contributed by atoms with Crippen molar-refractivity contribution in [2.45, 2.75) is 18.9 Å². The number of hydrogen-bond acceptors (Lipinski definition) is 5. The van der Waals surface area contributed by atoms with Crippen molar-refractivity contribution in [2.75, 3.05) is 26.7 Å². The fraction of sp³-hybridized carbons (Fsp3) is 0.692. The number of nitrogens with one attached hydrogen (secondary N) is 2. The van der Waals surface area contributed by atoms with Crippen LogP contribution in [0.2, 0.25) is 0 Å². The summed E-state index contributed by atoms with van der Waals surface area (Å²) >= 11 is 0. The topological polar surface area (TPSA) is 68.2 Å². The zero-order valence-electron chi connectivity index (χ0n) is 11.6. The summed E-state index contributed by atoms with van der Waals surface area (Å²) in [6.07, 6.45) is 4.21. The van der Waals surface area contributed by atoms with Gasteiger partial charge in [-0.15, -0.1) is 0 Å². The van der Waals surface area contributed by atoms with Gasteiger partial charge in [-0.25, -0.2) is 4.79 Å². The number of methoxy groups -OCH3 is 1. The summed E-state index contributed by atoms with van der Waals surface area (Å²) in [5.74, 6) is 0.270. The third-order valence-corrected chi connectivity index (χ3v) is 3.48. The molecule has 1 fully saturated rings. The molecular weight excluding hydrogens is 244 g/mol. The molecule has 1 aliphatic heterocycles. The predicted molar refractivity (Wildman–Crippen MR) is 71.6 cm³/mol. The number of hydrogen-bond donors (Lipinski definition) is 2. The Kier molecular flexibility index (Phi) is 4.93. The number of piperidine rings is 1. The van der Waals surface area contributed by atoms with E-state index in [-0.39, 0.29) is 5.97 Å². The Morgan fingerprint density at radius 1 is 1.74 bits per heavy atom. The van der Waals surface area contributed by atoms with Crippen LogP contribution in [0.15, 0.2) is 12.3 Å². The third-order valence-electron chi connectivity index (χ3n) is 3.48. The highest BCUT2D eigenvalue weighted by Crippen LogP contribution is 2.14. The molecule has 2 atom stereocenters. The van der Waals surface area contributed by atoms with Gasteiger partial charge in [0.2, 0.25) is 0 Å². The van der Waals surface area contributed by atoms with Crippen LogP contribution in [0.5, 0.6) is 0 Å². The van der Waals surface area contributed by atoms with Crippen LogP contribution < -0.4 is 10.6 Å². The van der Waals surface area contributed by atoms with E-state index >= 15 is 0 Å². The summed E-state index contributed by atoms with van der Waals surface area (Å²) in [7, 11) is 3.24. The first-order valence-corrected chi connectivity index (χ1v) is 6.72. The van der Waals surface area contributed by atoms with Crippen LogP contribution >= 0.6 is 0 Å². The second kappa shape index (κ2) is 6.68. The van der Waals surface area contributed by atoms with Crippen LogP contribution in [0.25, 0.3) is 0 Å². The summed E-state index contributed by atoms with van der Waals surface area (Å²) < 4.78 is 6.54. The molecule has 1 aromatic rings. The van der Waals surface area contributed by atoms with E-state index in [0.717, 1.165) is 19.6 Å². The highest BCUT2D eigenvalue weighted by atomic mass is 16.5. The van der Waals surface area contributed by atoms with Crippen LogP contribution in [0, 0.1) is 5.92 Å². The quantitative estimate of drug-likeness (QED) is 0.746. The van der Waals surface area contributed by atoms with Crippen molar-refractivity contribution in [3.63, 3.8) is 0 Å². The van der Waals surface area contributed by atoms with E-state index in [2.05, 4.69) is 15.7 Å². The number of aryl methyl sites for hydroxylation is 1. The smallest absolute Gasteiger partial charge is 0.329 e. The molecule has 2 rings (SSSR count). The Bertz CT molecular complexity index is 413. The third kappa shape index (κ3) is 3.78. The van der Waals surface area contributed by atoms with E-state index in [9.17, 15) is 4.79 Å². The molecule has 1 aromatic heterocycles. The number of nitrogens with zero attached hydrogens (tertiary/aromatic N) is 2. The van der Waals surface area contributed by atoms with Gasteiger partial charge in [-0.05, 0) is 37.9 Å². The average molecular weight is 266 g/mol. The average Bonchev–Trinajstić information content (AvgIpc) is 2.86. The summed E-state index contributed by atoms with van der Waals surface area (Å²) in [4.78, 5) is 11.8. The van der Waals surface area contributed by atoms with Gasteiger partial charge in [0.25, 0.3) is 0 Å². The lowest BCUT2D eigenvalue weighted by Crippen LogP contribution is -2.39. The minimum Gasteiger partial charge on any atom is -0.468 e. The van der Waals surface area contributed by atoms with Crippen LogP contribution in [0.4, 0.5) is 0 Å². The van der Waals surface area contributed by atoms with Gasteiger partial charge < -0.3 is 10.1 Å². The number of rotatable bonds is 5. The molecule has 2 N–H and O–H groups in total. The van der Waals surface area contributed by atoms with E-state index in [1.807, 2.05) is 19.3 Å². The minimum atomic E-state index is -0.479. The lowest BCUT2D eigenvalue weighted by Gasteiger charge is -2.24. The van der Waals surface area contributed by atoms with Crippen molar-refractivity contribution >= 4 is 5.97 Å². The summed E-state index contributed by atoms with van der Waals surface area (Å²) in [5.41, 5.74) is 0.707. The van der Waals surface area contributed by atoms with Gasteiger partial charge in [0.1, 0.15) is 0 Å². The van der Waals surface area contributed by atoms with E-state index < -0.39 is 6.04 Å². The number of carbonyl (C=O) groups excluding carboxylic acids is 1. The molecular formula is C13H22N4O2. The molecule has 0 spiro atoms. The Morgan fingerprint density at radius 3 is 3.16 bits per heavy atom. The monoisotopic (exact) mass is 266 g/mol. The normalized spacial score (nSPS) is 21.1. The first kappa shape index (κ1) is 14.0. The molecule has 0 bridgehead atoms. The fourth-order valence-corrected chi connectivity index (χ4v) is 2.40. The van der Waals surface area contributed by atoms with Crippen LogP contribution in [-0.2, 0) is 16.6 Å². The standard InChI is InChI=1S/C13H22N4O2/c1-17-7-5-11(16-17)12(13(18)19-2)15-9-10-4-3-6-14-8-10/h5,7,10,12,14-15H,3-4,6,8-9H2,1-2H3. The maximum atomic E-state index is 11.8. The van der Waals surface area contributed by atoms with E-state index in [1.54, 1.807) is 4.68 Å². The molecule has 0 amide bonds. The lowest BCUT2D eigenvalue weighted by molar-refractivity contribution is -0.143. The molecule has 1 saturated heterocycles. The highest BCUT2D eigenvalue weighted by molar-refractivity contribution is 5.76. The molecule has 6 heteroatoms. The zero-order valence-corrected chi connectivity index (χ0v) is 11.6. The molecule has 2 unspecified atom stereocenters. The largest absolute Gasteiger partial charge is 0.468 e. The molecule has 6 nitrogen and oxygen atoms in total. The second-order valence-corrected chi connectivity index (χ2v) is 4.99. The number of esters is 1. The Hall–Kier alpha value is -1.40. The van der Waals surface area contributed by atoms with Crippen LogP contribution in [0.1, 0.15) is 24.6 Å². The van der Waals surface area contributed by atoms with Gasteiger partial charge in [-0.3, -0.25) is 10.00 Å². The van der Waals surface area contributed by atoms with E-state index in [4.69, 9.17) is 4.74 Å². The number of aromatic nitrogens is 2. The van der Waals surface area contributed by atoms with Crippen molar-refractivity contribution < 1.29 is 9.53 Å². The van der Waals surface area contributed by atoms with E-state index in [1.165, 1.54) is 20.0 Å². The first-order chi connectivity index (χ1) is 9.20. The summed E-state index contributed by atoms with van der Waals surface area (Å²) in [5, 5.41) is 10.9. The molecule has 1 aliphatic rings. The Labute approximate surface area is 113 Å². The molecule has 2 heterocycles. The highest BCUT2D eigenvalue weighted by Gasteiger charge is 2.24. The second-order valence-electron chi connectivity index (χ2n) is 4.99.